The van der Waals surface area contributed by atoms with Gasteiger partial charge in [-0.2, -0.15) is 0 Å². The van der Waals surface area contributed by atoms with Gasteiger partial charge < -0.3 is 9.30 Å². The summed E-state index contributed by atoms with van der Waals surface area (Å²) in [7, 11) is -4.32. The summed E-state index contributed by atoms with van der Waals surface area (Å²) < 4.78 is 56.5. The summed E-state index contributed by atoms with van der Waals surface area (Å²) >= 11 is 0. The molecule has 0 aliphatic carbocycles. The summed E-state index contributed by atoms with van der Waals surface area (Å²) in [6.45, 7) is 2.32. The van der Waals surface area contributed by atoms with Crippen LogP contribution in [0.4, 0.5) is 8.78 Å². The lowest BCUT2D eigenvalue weighted by Crippen LogP contribution is -2.16. The number of sulfonamides is 1. The van der Waals surface area contributed by atoms with Gasteiger partial charge in [-0.3, -0.25) is 0 Å². The molecule has 6 nitrogen and oxygen atoms in total. The van der Waals surface area contributed by atoms with Gasteiger partial charge in [-0.05, 0) is 13.0 Å². The minimum absolute atomic E-state index is 0.175. The summed E-state index contributed by atoms with van der Waals surface area (Å²) in [5.74, 6) is -2.35. The summed E-state index contributed by atoms with van der Waals surface area (Å²) in [5.41, 5.74) is 0. The maximum atomic E-state index is 13.7. The molecule has 0 aliphatic rings. The van der Waals surface area contributed by atoms with E-state index in [0.717, 1.165) is 0 Å². The minimum Gasteiger partial charge on any atom is -0.481 e. The predicted molar refractivity (Wildman–Crippen MR) is 70.0 cm³/mol. The van der Waals surface area contributed by atoms with Crippen LogP contribution in [0, 0.1) is 11.6 Å². The molecule has 0 bridgehead atoms. The van der Waals surface area contributed by atoms with Crippen molar-refractivity contribution >= 4 is 10.0 Å². The average Bonchev–Trinajstić information content (AvgIpc) is 2.83. The number of imidazole rings is 1. The molecule has 2 N–H and O–H groups in total. The van der Waals surface area contributed by atoms with Gasteiger partial charge in [0.15, 0.2) is 11.6 Å². The molecule has 2 aromatic rings. The average molecular weight is 317 g/mol. The number of aromatic nitrogens is 2. The first kappa shape index (κ1) is 15.4. The highest BCUT2D eigenvalue weighted by molar-refractivity contribution is 7.89. The van der Waals surface area contributed by atoms with Crippen molar-refractivity contribution in [3.63, 3.8) is 0 Å². The van der Waals surface area contributed by atoms with E-state index >= 15 is 0 Å². The van der Waals surface area contributed by atoms with Crippen LogP contribution in [0.15, 0.2) is 29.4 Å². The summed E-state index contributed by atoms with van der Waals surface area (Å²) in [5, 5.41) is 4.94. The fourth-order valence-electron chi connectivity index (χ4n) is 1.79. The molecule has 0 spiro atoms. The monoisotopic (exact) mass is 317 g/mol. The quantitative estimate of drug-likeness (QED) is 0.903. The normalized spacial score (nSPS) is 11.6. The van der Waals surface area contributed by atoms with Gasteiger partial charge in [0.25, 0.3) is 0 Å². The highest BCUT2D eigenvalue weighted by atomic mass is 32.2. The third-order valence-electron chi connectivity index (χ3n) is 2.77. The number of aryl methyl sites for hydroxylation is 1. The number of ether oxygens (including phenoxy) is 1. The fraction of sp³-hybridized carbons (Fsp3) is 0.250. The van der Waals surface area contributed by atoms with Gasteiger partial charge in [-0.25, -0.2) is 27.3 Å². The van der Waals surface area contributed by atoms with Gasteiger partial charge in [-0.15, -0.1) is 0 Å². The Morgan fingerprint density at radius 1 is 1.38 bits per heavy atom. The zero-order chi connectivity index (χ0) is 15.6. The number of hydrogen-bond acceptors (Lipinski definition) is 4. The van der Waals surface area contributed by atoms with Crippen LogP contribution < -0.4 is 9.88 Å². The highest BCUT2D eigenvalue weighted by Gasteiger charge is 2.21. The molecule has 1 aromatic carbocycles. The lowest BCUT2D eigenvalue weighted by atomic mass is 10.3. The van der Waals surface area contributed by atoms with E-state index in [1.165, 1.54) is 6.20 Å². The van der Waals surface area contributed by atoms with Crippen molar-refractivity contribution in [3.05, 3.63) is 42.0 Å². The number of benzene rings is 1. The first-order chi connectivity index (χ1) is 9.82. The molecular weight excluding hydrogens is 304 g/mol. The van der Waals surface area contributed by atoms with Gasteiger partial charge in [0.05, 0.1) is 0 Å². The molecule has 0 fully saturated rings. The molecule has 9 heteroatoms. The molecule has 0 radical (unpaired) electrons. The lowest BCUT2D eigenvalue weighted by molar-refractivity contribution is 0.266. The van der Waals surface area contributed by atoms with Crippen LogP contribution in [-0.2, 0) is 23.2 Å². The van der Waals surface area contributed by atoms with Crippen LogP contribution in [0.5, 0.6) is 5.75 Å². The summed E-state index contributed by atoms with van der Waals surface area (Å²) in [6, 6.07) is 1.14. The van der Waals surface area contributed by atoms with E-state index in [2.05, 4.69) is 4.98 Å². The van der Waals surface area contributed by atoms with Gasteiger partial charge in [0.2, 0.25) is 10.0 Å². The minimum atomic E-state index is -4.32. The second kappa shape index (κ2) is 5.78. The van der Waals surface area contributed by atoms with Crippen molar-refractivity contribution in [2.45, 2.75) is 25.0 Å². The molecule has 21 heavy (non-hydrogen) atoms. The lowest BCUT2D eigenvalue weighted by Gasteiger charge is -2.12. The second-order valence-electron chi connectivity index (χ2n) is 4.18. The zero-order valence-electron chi connectivity index (χ0n) is 11.1. The molecule has 114 valence electrons. The molecule has 0 saturated carbocycles. The second-order valence-corrected chi connectivity index (χ2v) is 5.71. The van der Waals surface area contributed by atoms with Crippen molar-refractivity contribution in [2.75, 3.05) is 0 Å². The highest BCUT2D eigenvalue weighted by Crippen LogP contribution is 2.28. The summed E-state index contributed by atoms with van der Waals surface area (Å²) in [6.07, 6.45) is 3.23. The van der Waals surface area contributed by atoms with Crippen LogP contribution in [0.3, 0.4) is 0 Å². The van der Waals surface area contributed by atoms with Gasteiger partial charge in [0.1, 0.15) is 23.1 Å². The third kappa shape index (κ3) is 3.37. The fourth-order valence-corrected chi connectivity index (χ4v) is 2.48. The van der Waals surface area contributed by atoms with Crippen molar-refractivity contribution in [2.24, 2.45) is 5.14 Å². The molecular formula is C12H13F2N3O3S. The molecule has 0 atom stereocenters. The van der Waals surface area contributed by atoms with Gasteiger partial charge in [-0.1, -0.05) is 0 Å². The zero-order valence-corrected chi connectivity index (χ0v) is 11.9. The molecule has 0 unspecified atom stereocenters. The first-order valence-corrected chi connectivity index (χ1v) is 7.52. The topological polar surface area (TPSA) is 87.2 Å². The van der Waals surface area contributed by atoms with Crippen molar-refractivity contribution in [3.8, 4) is 5.75 Å². The Kier molecular flexibility index (Phi) is 4.24. The van der Waals surface area contributed by atoms with E-state index in [0.29, 0.717) is 24.5 Å². The molecule has 1 aromatic heterocycles. The summed E-state index contributed by atoms with van der Waals surface area (Å²) in [4.78, 5) is 3.26. The van der Waals surface area contributed by atoms with E-state index < -0.39 is 32.3 Å². The maximum Gasteiger partial charge on any atom is 0.241 e. The SMILES string of the molecule is CCn1ccnc1COc1c(F)cc(F)cc1S(N)(=O)=O. The molecule has 0 saturated heterocycles. The van der Waals surface area contributed by atoms with E-state index in [1.54, 1.807) is 10.8 Å². The first-order valence-electron chi connectivity index (χ1n) is 5.97. The van der Waals surface area contributed by atoms with E-state index in [1.807, 2.05) is 6.92 Å². The number of primary sulfonamides is 1. The Balaban J connectivity index is 2.36. The van der Waals surface area contributed by atoms with Gasteiger partial charge >= 0.3 is 0 Å². The number of halogens is 2. The number of nitrogens with zero attached hydrogens (tertiary/aromatic N) is 2. The van der Waals surface area contributed by atoms with Crippen LogP contribution in [0.1, 0.15) is 12.7 Å². The van der Waals surface area contributed by atoms with E-state index in [-0.39, 0.29) is 6.61 Å². The van der Waals surface area contributed by atoms with Crippen LogP contribution >= 0.6 is 0 Å². The van der Waals surface area contributed by atoms with Gasteiger partial charge in [0, 0.05) is 25.0 Å². The maximum absolute atomic E-state index is 13.7. The smallest absolute Gasteiger partial charge is 0.241 e. The van der Waals surface area contributed by atoms with Crippen LogP contribution in [0.25, 0.3) is 0 Å². The Labute approximate surface area is 120 Å². The van der Waals surface area contributed by atoms with Crippen molar-refractivity contribution in [1.82, 2.24) is 9.55 Å². The molecule has 0 amide bonds. The number of hydrogen-bond donors (Lipinski definition) is 1. The Morgan fingerprint density at radius 3 is 2.71 bits per heavy atom. The van der Waals surface area contributed by atoms with Crippen LogP contribution in [-0.4, -0.2) is 18.0 Å². The standard InChI is InChI=1S/C12H13F2N3O3S/c1-2-17-4-3-16-11(17)7-20-12-9(14)5-8(13)6-10(12)21(15,18)19/h3-6H,2,7H2,1H3,(H2,15,18,19). The van der Waals surface area contributed by atoms with E-state index in [4.69, 9.17) is 9.88 Å². The Bertz CT molecular complexity index is 759. The molecule has 1 heterocycles. The molecule has 2 rings (SSSR count). The predicted octanol–water partition coefficient (Wildman–Crippen LogP) is 1.41. The van der Waals surface area contributed by atoms with E-state index in [9.17, 15) is 17.2 Å². The van der Waals surface area contributed by atoms with Crippen molar-refractivity contribution < 1.29 is 21.9 Å². The number of nitrogens with two attached hydrogens (primary N) is 1. The Morgan fingerprint density at radius 2 is 2.10 bits per heavy atom. The third-order valence-corrected chi connectivity index (χ3v) is 3.69. The molecule has 0 aliphatic heterocycles. The largest absolute Gasteiger partial charge is 0.481 e. The van der Waals surface area contributed by atoms with Crippen LogP contribution in [0.2, 0.25) is 0 Å². The number of rotatable bonds is 5. The Hall–Kier alpha value is -2.00. The van der Waals surface area contributed by atoms with Crippen molar-refractivity contribution in [1.29, 1.82) is 0 Å².